The van der Waals surface area contributed by atoms with Gasteiger partial charge in [-0.25, -0.2) is 0 Å². The molecule has 0 spiro atoms. The third-order valence-corrected chi connectivity index (χ3v) is 17.5. The van der Waals surface area contributed by atoms with Gasteiger partial charge in [0.2, 0.25) is 0 Å². The third-order valence-electron chi connectivity index (χ3n) is 7.77. The summed E-state index contributed by atoms with van der Waals surface area (Å²) in [4.78, 5) is 19.4. The second kappa shape index (κ2) is 11.8. The van der Waals surface area contributed by atoms with Crippen molar-refractivity contribution < 1.29 is 16.5 Å². The Hall–Kier alpha value is -4.36. The second-order valence-corrected chi connectivity index (χ2v) is 19.1. The Morgan fingerprint density at radius 1 is 0.370 bits per heavy atom. The number of thiophene rings is 3. The first-order valence-electron chi connectivity index (χ1n) is 14.8. The van der Waals surface area contributed by atoms with Gasteiger partial charge in [-0.2, -0.15) is 0 Å². The molecule has 0 aliphatic rings. The number of fused-ring (bicyclic) bond motifs is 3. The fourth-order valence-corrected chi connectivity index (χ4v) is 16.1. The van der Waals surface area contributed by atoms with Crippen LogP contribution in [0.4, 0.5) is 0 Å². The first kappa shape index (κ1) is 27.9. The first-order valence-corrected chi connectivity index (χ1v) is 20.8. The van der Waals surface area contributed by atoms with Crippen molar-refractivity contribution in [3.63, 3.8) is 0 Å². The summed E-state index contributed by atoms with van der Waals surface area (Å²) in [6.07, 6.45) is 5.84. The molecule has 0 saturated heterocycles. The zero-order valence-electron chi connectivity index (χ0n) is 24.3. The summed E-state index contributed by atoms with van der Waals surface area (Å²) in [5, 5.41) is 3.77. The van der Waals surface area contributed by atoms with Crippen LogP contribution in [0.5, 0.6) is 0 Å². The van der Waals surface area contributed by atoms with Gasteiger partial charge in [0.15, 0.2) is 0 Å². The quantitative estimate of drug-likeness (QED) is 0.168. The standard InChI is InChI=1S/3C13H8NS.Ir/c3*1-2-6-12-10(4-1)8-13(15-12)11-5-3-7-14-9-11;/h3*1-8H;. The fourth-order valence-electron chi connectivity index (χ4n) is 5.64. The minimum atomic E-state index is -2.80. The predicted molar refractivity (Wildman–Crippen MR) is 194 cm³/mol. The van der Waals surface area contributed by atoms with E-state index in [2.05, 4.69) is 127 Å². The third kappa shape index (κ3) is 4.92. The van der Waals surface area contributed by atoms with Crippen molar-refractivity contribution in [3.8, 4) is 31.3 Å². The molecule has 6 heterocycles. The molecule has 0 aliphatic carbocycles. The molecule has 46 heavy (non-hydrogen) atoms. The molecule has 0 N–H and O–H groups in total. The number of benzene rings is 3. The van der Waals surface area contributed by atoms with Crippen LogP contribution in [0.25, 0.3) is 61.6 Å². The van der Waals surface area contributed by atoms with Crippen LogP contribution in [0.15, 0.2) is 146 Å². The van der Waals surface area contributed by atoms with Crippen LogP contribution in [-0.2, 0) is 16.5 Å². The first-order chi connectivity index (χ1) is 22.8. The number of hydrogen-bond acceptors (Lipinski definition) is 6. The van der Waals surface area contributed by atoms with E-state index in [0.29, 0.717) is 0 Å². The molecule has 9 aromatic rings. The Bertz CT molecular complexity index is 2150. The minimum absolute atomic E-state index is 1.12. The van der Waals surface area contributed by atoms with Crippen molar-refractivity contribution in [2.75, 3.05) is 0 Å². The van der Waals surface area contributed by atoms with Gasteiger partial charge in [0.05, 0.1) is 0 Å². The molecule has 0 unspecified atom stereocenters. The Labute approximate surface area is 283 Å². The van der Waals surface area contributed by atoms with Crippen LogP contribution in [0, 0.1) is 0 Å². The zero-order valence-corrected chi connectivity index (χ0v) is 29.1. The number of rotatable bonds is 6. The van der Waals surface area contributed by atoms with Gasteiger partial charge in [0.1, 0.15) is 0 Å². The van der Waals surface area contributed by atoms with E-state index in [9.17, 15) is 0 Å². The van der Waals surface area contributed by atoms with Gasteiger partial charge < -0.3 is 0 Å². The molecule has 0 aliphatic heterocycles. The number of nitrogens with zero attached hydrogens (tertiary/aromatic N) is 3. The van der Waals surface area contributed by atoms with Crippen molar-refractivity contribution >= 4 is 76.9 Å². The molecular weight excluding hydrogens is 799 g/mol. The van der Waals surface area contributed by atoms with Gasteiger partial charge in [0.25, 0.3) is 0 Å². The zero-order chi connectivity index (χ0) is 30.5. The van der Waals surface area contributed by atoms with Gasteiger partial charge in [-0.1, -0.05) is 0 Å². The van der Waals surface area contributed by atoms with Crippen molar-refractivity contribution in [1.82, 2.24) is 15.0 Å². The van der Waals surface area contributed by atoms with Crippen LogP contribution in [0.3, 0.4) is 0 Å². The number of hydrogen-bond donors (Lipinski definition) is 0. The van der Waals surface area contributed by atoms with Gasteiger partial charge in [0, 0.05) is 0 Å². The average Bonchev–Trinajstić information content (AvgIpc) is 3.86. The Kier molecular flexibility index (Phi) is 7.14. The van der Waals surface area contributed by atoms with Gasteiger partial charge >= 0.3 is 286 Å². The van der Waals surface area contributed by atoms with Crippen molar-refractivity contribution in [2.45, 2.75) is 0 Å². The van der Waals surface area contributed by atoms with Crippen molar-refractivity contribution in [3.05, 3.63) is 146 Å². The molecule has 0 atom stereocenters. The molecule has 0 amide bonds. The van der Waals surface area contributed by atoms with Crippen LogP contribution in [-0.4, -0.2) is 15.0 Å². The number of aromatic nitrogens is 3. The summed E-state index contributed by atoms with van der Waals surface area (Å²) in [6.45, 7) is 0. The molecule has 3 nitrogen and oxygen atoms in total. The van der Waals surface area contributed by atoms with Crippen LogP contribution in [0.1, 0.15) is 0 Å². The van der Waals surface area contributed by atoms with Crippen molar-refractivity contribution in [1.29, 1.82) is 0 Å². The van der Waals surface area contributed by atoms with Crippen LogP contribution >= 0.6 is 34.0 Å². The van der Waals surface area contributed by atoms with E-state index >= 15 is 0 Å². The van der Waals surface area contributed by atoms with E-state index in [-0.39, 0.29) is 0 Å². The fraction of sp³-hybridized carbons (Fsp3) is 0. The van der Waals surface area contributed by atoms with E-state index < -0.39 is 16.5 Å². The Balaban J connectivity index is 1.32. The van der Waals surface area contributed by atoms with E-state index in [1.807, 2.05) is 52.6 Å². The molecule has 0 radical (unpaired) electrons. The molecule has 0 bridgehead atoms. The normalized spacial score (nSPS) is 11.9. The maximum absolute atomic E-state index is 5.24. The Morgan fingerprint density at radius 2 is 0.696 bits per heavy atom. The summed E-state index contributed by atoms with van der Waals surface area (Å²) >= 11 is 2.69. The summed E-state index contributed by atoms with van der Waals surface area (Å²) in [5.74, 6) is 0. The Morgan fingerprint density at radius 3 is 1.02 bits per heavy atom. The monoisotopic (exact) mass is 823 g/mol. The maximum atomic E-state index is 5.24. The van der Waals surface area contributed by atoms with Gasteiger partial charge in [-0.3, -0.25) is 0 Å². The predicted octanol–water partition coefficient (Wildman–Crippen LogP) is 9.41. The molecule has 7 heteroatoms. The summed E-state index contributed by atoms with van der Waals surface area (Å²) in [7, 11) is 0. The number of pyridine rings is 3. The van der Waals surface area contributed by atoms with Gasteiger partial charge in [-0.15, -0.1) is 0 Å². The molecule has 3 aromatic carbocycles. The van der Waals surface area contributed by atoms with Crippen LogP contribution in [0.2, 0.25) is 0 Å². The average molecular weight is 823 g/mol. The second-order valence-electron chi connectivity index (χ2n) is 10.7. The molecule has 0 saturated carbocycles. The molecule has 0 fully saturated rings. The van der Waals surface area contributed by atoms with E-state index in [0.717, 1.165) is 12.6 Å². The molecule has 6 aromatic heterocycles. The van der Waals surface area contributed by atoms with E-state index in [1.54, 1.807) is 0 Å². The van der Waals surface area contributed by atoms with Crippen LogP contribution < -0.4 is 12.6 Å². The molecule has 222 valence electrons. The molecular formula is C39H24IrN3S3. The SMILES string of the molecule is c1cn[c]([Ir]([c]2ncccc2-c2cc3ccccc3s2)[c]2ncccc2-c2cc3ccccc3s2)c(-c2cc3ccccc3s2)c1. The van der Waals surface area contributed by atoms with E-state index in [4.69, 9.17) is 15.0 Å². The topological polar surface area (TPSA) is 38.7 Å². The van der Waals surface area contributed by atoms with E-state index in [1.165, 1.54) is 61.6 Å². The summed E-state index contributed by atoms with van der Waals surface area (Å²) in [5.41, 5.74) is 3.54. The summed E-state index contributed by atoms with van der Waals surface area (Å²) < 4.78 is 7.20. The van der Waals surface area contributed by atoms with Crippen molar-refractivity contribution in [2.24, 2.45) is 0 Å². The summed E-state index contributed by atoms with van der Waals surface area (Å²) in [6, 6.07) is 45.7. The molecule has 9 rings (SSSR count). The van der Waals surface area contributed by atoms with Gasteiger partial charge in [-0.05, 0) is 0 Å².